The van der Waals surface area contributed by atoms with Crippen molar-refractivity contribution >= 4 is 34.0 Å². The van der Waals surface area contributed by atoms with Gasteiger partial charge in [0.2, 0.25) is 0 Å². The van der Waals surface area contributed by atoms with E-state index < -0.39 is 10.8 Å². The predicted octanol–water partition coefficient (Wildman–Crippen LogP) is 3.55. The van der Waals surface area contributed by atoms with Gasteiger partial charge in [-0.1, -0.05) is 29.3 Å². The molecule has 0 saturated carbocycles. The van der Waals surface area contributed by atoms with Gasteiger partial charge in [-0.25, -0.2) is 0 Å². The number of unbranched alkanes of at least 4 members (excludes halogenated alkanes) is 1. The molecule has 1 aromatic rings. The third-order valence-corrected chi connectivity index (χ3v) is 4.09. The van der Waals surface area contributed by atoms with Crippen molar-refractivity contribution in [1.29, 1.82) is 5.26 Å². The Morgan fingerprint density at radius 1 is 1.31 bits per heavy atom. The van der Waals surface area contributed by atoms with Crippen LogP contribution < -0.4 is 0 Å². The first-order valence-electron chi connectivity index (χ1n) is 4.80. The smallest absolute Gasteiger partial charge is 0.0622 e. The Kier molecular flexibility index (Phi) is 5.83. The second-order valence-electron chi connectivity index (χ2n) is 3.25. The largest absolute Gasteiger partial charge is 0.259 e. The number of benzene rings is 1. The molecule has 1 unspecified atom stereocenters. The van der Waals surface area contributed by atoms with E-state index in [1.54, 1.807) is 18.2 Å². The van der Waals surface area contributed by atoms with Crippen LogP contribution in [-0.4, -0.2) is 9.96 Å². The van der Waals surface area contributed by atoms with Crippen LogP contribution in [0, 0.1) is 11.3 Å². The van der Waals surface area contributed by atoms with Crippen molar-refractivity contribution < 1.29 is 4.21 Å². The van der Waals surface area contributed by atoms with Crippen molar-refractivity contribution in [3.05, 3.63) is 33.8 Å². The lowest BCUT2D eigenvalue weighted by atomic mass is 10.2. The summed E-state index contributed by atoms with van der Waals surface area (Å²) in [5.41, 5.74) is 0.723. The molecule has 0 N–H and O–H groups in total. The number of halogens is 2. The van der Waals surface area contributed by atoms with Crippen LogP contribution in [0.25, 0.3) is 0 Å². The molecule has 0 saturated heterocycles. The number of hydrogen-bond donors (Lipinski definition) is 0. The quantitative estimate of drug-likeness (QED) is 0.772. The van der Waals surface area contributed by atoms with E-state index >= 15 is 0 Å². The summed E-state index contributed by atoms with van der Waals surface area (Å²) in [5, 5.41) is 9.45. The predicted molar refractivity (Wildman–Crippen MR) is 68.0 cm³/mol. The molecule has 0 aliphatic heterocycles. The van der Waals surface area contributed by atoms with Gasteiger partial charge in [0.25, 0.3) is 0 Å². The molecule has 0 fully saturated rings. The van der Waals surface area contributed by atoms with E-state index in [0.29, 0.717) is 34.4 Å². The molecule has 2 nitrogen and oxygen atoms in total. The molecule has 0 bridgehead atoms. The minimum absolute atomic E-state index is 0.351. The molecule has 0 aromatic heterocycles. The Morgan fingerprint density at radius 2 is 1.94 bits per heavy atom. The maximum atomic E-state index is 11.7. The molecule has 0 aliphatic rings. The highest BCUT2D eigenvalue weighted by molar-refractivity contribution is 7.84. The van der Waals surface area contributed by atoms with Crippen molar-refractivity contribution in [2.45, 2.75) is 18.6 Å². The first-order chi connectivity index (χ1) is 7.65. The monoisotopic (exact) mass is 275 g/mol. The Morgan fingerprint density at radius 3 is 2.50 bits per heavy atom. The molecule has 5 heteroatoms. The van der Waals surface area contributed by atoms with Crippen molar-refractivity contribution in [2.75, 3.05) is 5.75 Å². The minimum Gasteiger partial charge on any atom is -0.259 e. The summed E-state index contributed by atoms with van der Waals surface area (Å²) in [7, 11) is -1.01. The van der Waals surface area contributed by atoms with Gasteiger partial charge in [-0.3, -0.25) is 4.21 Å². The highest BCUT2D eigenvalue weighted by Crippen LogP contribution is 2.25. The van der Waals surface area contributed by atoms with Gasteiger partial charge in [-0.15, -0.1) is 0 Å². The Hall–Kier alpha value is -0.560. The van der Waals surface area contributed by atoms with Crippen molar-refractivity contribution in [3.63, 3.8) is 0 Å². The van der Waals surface area contributed by atoms with E-state index in [0.717, 1.165) is 5.56 Å². The standard InChI is InChI=1S/C11H11Cl2NOS/c12-10-4-3-5-11(13)9(10)8-16(15)7-2-1-6-14/h3-5H,1-2,7-8H2. The second kappa shape index (κ2) is 6.90. The molecule has 0 spiro atoms. The average molecular weight is 276 g/mol. The fraction of sp³-hybridized carbons (Fsp3) is 0.364. The second-order valence-corrected chi connectivity index (χ2v) is 5.64. The average Bonchev–Trinajstić information content (AvgIpc) is 2.24. The van der Waals surface area contributed by atoms with Gasteiger partial charge in [-0.05, 0) is 18.6 Å². The molecule has 16 heavy (non-hydrogen) atoms. The normalized spacial score (nSPS) is 12.1. The van der Waals surface area contributed by atoms with Crippen LogP contribution in [0.15, 0.2) is 18.2 Å². The van der Waals surface area contributed by atoms with Gasteiger partial charge in [0.05, 0.1) is 11.8 Å². The lowest BCUT2D eigenvalue weighted by molar-refractivity contribution is 0.680. The molecule has 0 aliphatic carbocycles. The van der Waals surface area contributed by atoms with E-state index in [1.165, 1.54) is 0 Å². The minimum atomic E-state index is -1.01. The summed E-state index contributed by atoms with van der Waals surface area (Å²) in [4.78, 5) is 0. The van der Waals surface area contributed by atoms with Gasteiger partial charge in [0.1, 0.15) is 0 Å². The van der Waals surface area contributed by atoms with Crippen LogP contribution in [0.4, 0.5) is 0 Å². The fourth-order valence-electron chi connectivity index (χ4n) is 1.22. The SMILES string of the molecule is N#CCCCS(=O)Cc1c(Cl)cccc1Cl. The molecular weight excluding hydrogens is 265 g/mol. The van der Waals surface area contributed by atoms with Gasteiger partial charge in [-0.2, -0.15) is 5.26 Å². The molecule has 0 heterocycles. The Bertz CT molecular complexity index is 408. The first-order valence-corrected chi connectivity index (χ1v) is 7.04. The van der Waals surface area contributed by atoms with Gasteiger partial charge in [0, 0.05) is 38.6 Å². The summed E-state index contributed by atoms with van der Waals surface area (Å²) in [5.74, 6) is 0.860. The lowest BCUT2D eigenvalue weighted by Crippen LogP contribution is -2.02. The molecule has 1 aromatic carbocycles. The highest BCUT2D eigenvalue weighted by Gasteiger charge is 2.09. The topological polar surface area (TPSA) is 40.9 Å². The van der Waals surface area contributed by atoms with Gasteiger partial charge in [0.15, 0.2) is 0 Å². The summed E-state index contributed by atoms with van der Waals surface area (Å²) < 4.78 is 11.7. The maximum absolute atomic E-state index is 11.7. The van der Waals surface area contributed by atoms with E-state index in [4.69, 9.17) is 28.5 Å². The summed E-state index contributed by atoms with van der Waals surface area (Å²) in [6, 6.07) is 7.24. The van der Waals surface area contributed by atoms with Crippen molar-refractivity contribution in [2.24, 2.45) is 0 Å². The Labute approximate surface area is 108 Å². The zero-order chi connectivity index (χ0) is 12.0. The molecule has 0 radical (unpaired) electrons. The third kappa shape index (κ3) is 4.13. The zero-order valence-corrected chi connectivity index (χ0v) is 10.9. The van der Waals surface area contributed by atoms with Gasteiger partial charge < -0.3 is 0 Å². The zero-order valence-electron chi connectivity index (χ0n) is 8.58. The summed E-state index contributed by atoms with van der Waals surface area (Å²) in [6.07, 6.45) is 1.08. The van der Waals surface area contributed by atoms with Crippen LogP contribution in [0.3, 0.4) is 0 Å². The van der Waals surface area contributed by atoms with Crippen LogP contribution in [0.2, 0.25) is 10.0 Å². The molecular formula is C11H11Cl2NOS. The highest BCUT2D eigenvalue weighted by atomic mass is 35.5. The third-order valence-electron chi connectivity index (χ3n) is 2.03. The van der Waals surface area contributed by atoms with Crippen LogP contribution >= 0.6 is 23.2 Å². The van der Waals surface area contributed by atoms with E-state index in [2.05, 4.69) is 0 Å². The van der Waals surface area contributed by atoms with Crippen LogP contribution in [0.1, 0.15) is 18.4 Å². The number of nitrogens with zero attached hydrogens (tertiary/aromatic N) is 1. The number of hydrogen-bond acceptors (Lipinski definition) is 2. The van der Waals surface area contributed by atoms with E-state index in [9.17, 15) is 4.21 Å². The molecule has 0 amide bonds. The number of rotatable bonds is 5. The van der Waals surface area contributed by atoms with E-state index in [-0.39, 0.29) is 0 Å². The van der Waals surface area contributed by atoms with Crippen molar-refractivity contribution in [3.8, 4) is 6.07 Å². The molecule has 1 rings (SSSR count). The lowest BCUT2D eigenvalue weighted by Gasteiger charge is -2.06. The van der Waals surface area contributed by atoms with Gasteiger partial charge >= 0.3 is 0 Å². The van der Waals surface area contributed by atoms with Crippen LogP contribution in [-0.2, 0) is 16.6 Å². The summed E-state index contributed by atoms with van der Waals surface area (Å²) >= 11 is 11.9. The summed E-state index contributed by atoms with van der Waals surface area (Å²) in [6.45, 7) is 0. The van der Waals surface area contributed by atoms with Crippen molar-refractivity contribution in [1.82, 2.24) is 0 Å². The number of nitriles is 1. The molecule has 1 atom stereocenters. The van der Waals surface area contributed by atoms with Crippen LogP contribution in [0.5, 0.6) is 0 Å². The van der Waals surface area contributed by atoms with E-state index in [1.807, 2.05) is 6.07 Å². The molecule has 86 valence electrons. The first kappa shape index (κ1) is 13.5. The Balaban J connectivity index is 2.60. The fourth-order valence-corrected chi connectivity index (χ4v) is 3.15. The maximum Gasteiger partial charge on any atom is 0.0622 e.